The van der Waals surface area contributed by atoms with Crippen LogP contribution in [-0.4, -0.2) is 17.6 Å². The number of ether oxygens (including phenoxy) is 1. The Labute approximate surface area is 110 Å². The van der Waals surface area contributed by atoms with Crippen molar-refractivity contribution in [2.24, 2.45) is 0 Å². The third kappa shape index (κ3) is 3.13. The maximum absolute atomic E-state index is 10.6. The molecular weight excluding hydrogens is 256 g/mol. The smallest absolute Gasteiger partial charge is 0.271 e. The number of nitro benzene ring substituents is 1. The van der Waals surface area contributed by atoms with Crippen molar-refractivity contribution in [3.63, 3.8) is 0 Å². The predicted molar refractivity (Wildman–Crippen MR) is 69.8 cm³/mol. The highest BCUT2D eigenvalue weighted by Gasteiger charge is 2.13. The normalized spacial score (nSPS) is 18.2. The van der Waals surface area contributed by atoms with E-state index in [1.54, 1.807) is 12.3 Å². The zero-order chi connectivity index (χ0) is 13.0. The number of allylic oxidation sites excluding steroid dienone is 1. The zero-order valence-electron chi connectivity index (χ0n) is 9.64. The standard InChI is InChI=1S/C12H13ClN2O3/c13-11-7-9(15(16)17)4-5-12(11)14-8-10-3-1-2-6-18-10/h2,4-7,10,14H,1,3,8H2. The van der Waals surface area contributed by atoms with Gasteiger partial charge in [-0.15, -0.1) is 0 Å². The summed E-state index contributed by atoms with van der Waals surface area (Å²) < 4.78 is 5.41. The van der Waals surface area contributed by atoms with E-state index in [0.29, 0.717) is 17.3 Å². The van der Waals surface area contributed by atoms with Gasteiger partial charge < -0.3 is 10.1 Å². The van der Waals surface area contributed by atoms with E-state index in [1.807, 2.05) is 6.08 Å². The van der Waals surface area contributed by atoms with Gasteiger partial charge in [0.1, 0.15) is 6.10 Å². The maximum atomic E-state index is 10.6. The summed E-state index contributed by atoms with van der Waals surface area (Å²) in [5.41, 5.74) is 0.669. The van der Waals surface area contributed by atoms with Crippen LogP contribution in [0.4, 0.5) is 11.4 Å². The number of nitrogens with zero attached hydrogens (tertiary/aromatic N) is 1. The number of non-ortho nitro benzene ring substituents is 1. The van der Waals surface area contributed by atoms with Crippen LogP contribution in [0, 0.1) is 10.1 Å². The summed E-state index contributed by atoms with van der Waals surface area (Å²) in [6.07, 6.45) is 5.75. The largest absolute Gasteiger partial charge is 0.497 e. The molecule has 1 aliphatic rings. The molecule has 2 rings (SSSR count). The number of halogens is 1. The Kier molecular flexibility index (Phi) is 4.04. The quantitative estimate of drug-likeness (QED) is 0.672. The molecule has 1 N–H and O–H groups in total. The molecule has 96 valence electrons. The Bertz CT molecular complexity index is 476. The molecule has 1 atom stereocenters. The Morgan fingerprint density at radius 1 is 1.56 bits per heavy atom. The van der Waals surface area contributed by atoms with Crippen molar-refractivity contribution in [3.8, 4) is 0 Å². The molecule has 5 nitrogen and oxygen atoms in total. The molecule has 1 aromatic rings. The molecule has 0 aromatic heterocycles. The van der Waals surface area contributed by atoms with E-state index >= 15 is 0 Å². The van der Waals surface area contributed by atoms with Gasteiger partial charge in [-0.05, 0) is 25.0 Å². The fraction of sp³-hybridized carbons (Fsp3) is 0.333. The average Bonchev–Trinajstić information content (AvgIpc) is 2.38. The number of benzene rings is 1. The van der Waals surface area contributed by atoms with Gasteiger partial charge in [0, 0.05) is 12.1 Å². The van der Waals surface area contributed by atoms with Crippen LogP contribution in [0.15, 0.2) is 30.5 Å². The fourth-order valence-corrected chi connectivity index (χ4v) is 1.96. The van der Waals surface area contributed by atoms with Crippen molar-refractivity contribution < 1.29 is 9.66 Å². The van der Waals surface area contributed by atoms with E-state index < -0.39 is 4.92 Å². The summed E-state index contributed by atoms with van der Waals surface area (Å²) in [6, 6.07) is 4.38. The van der Waals surface area contributed by atoms with Gasteiger partial charge in [-0.25, -0.2) is 0 Å². The molecule has 0 saturated heterocycles. The van der Waals surface area contributed by atoms with Crippen molar-refractivity contribution in [3.05, 3.63) is 45.7 Å². The first-order valence-electron chi connectivity index (χ1n) is 5.65. The Morgan fingerprint density at radius 2 is 2.39 bits per heavy atom. The minimum atomic E-state index is -0.468. The number of nitro groups is 1. The molecule has 0 saturated carbocycles. The Morgan fingerprint density at radius 3 is 3.00 bits per heavy atom. The van der Waals surface area contributed by atoms with Gasteiger partial charge in [-0.2, -0.15) is 0 Å². The lowest BCUT2D eigenvalue weighted by atomic mass is 10.1. The second-order valence-electron chi connectivity index (χ2n) is 4.01. The van der Waals surface area contributed by atoms with Gasteiger partial charge in [0.05, 0.1) is 28.4 Å². The van der Waals surface area contributed by atoms with E-state index in [2.05, 4.69) is 5.32 Å². The van der Waals surface area contributed by atoms with E-state index in [-0.39, 0.29) is 11.8 Å². The summed E-state index contributed by atoms with van der Waals surface area (Å²) in [6.45, 7) is 0.627. The van der Waals surface area contributed by atoms with Crippen LogP contribution in [0.1, 0.15) is 12.8 Å². The molecular formula is C12H13ClN2O3. The molecule has 0 fully saturated rings. The molecule has 6 heteroatoms. The molecule has 0 spiro atoms. The van der Waals surface area contributed by atoms with Gasteiger partial charge in [-0.1, -0.05) is 11.6 Å². The van der Waals surface area contributed by atoms with Gasteiger partial charge in [-0.3, -0.25) is 10.1 Å². The van der Waals surface area contributed by atoms with Crippen LogP contribution < -0.4 is 5.32 Å². The van der Waals surface area contributed by atoms with Crippen molar-refractivity contribution >= 4 is 23.0 Å². The second kappa shape index (κ2) is 5.73. The van der Waals surface area contributed by atoms with Crippen LogP contribution >= 0.6 is 11.6 Å². The van der Waals surface area contributed by atoms with Crippen molar-refractivity contribution in [1.82, 2.24) is 0 Å². The molecule has 1 aliphatic heterocycles. The number of anilines is 1. The predicted octanol–water partition coefficient (Wildman–Crippen LogP) is 3.35. The van der Waals surface area contributed by atoms with Crippen molar-refractivity contribution in [1.29, 1.82) is 0 Å². The number of hydrogen-bond acceptors (Lipinski definition) is 4. The number of nitrogens with one attached hydrogen (secondary N) is 1. The van der Waals surface area contributed by atoms with Crippen LogP contribution in [0.2, 0.25) is 5.02 Å². The van der Waals surface area contributed by atoms with Crippen LogP contribution in [0.3, 0.4) is 0 Å². The van der Waals surface area contributed by atoms with Crippen molar-refractivity contribution in [2.45, 2.75) is 18.9 Å². The zero-order valence-corrected chi connectivity index (χ0v) is 10.4. The Hall–Kier alpha value is -1.75. The van der Waals surface area contributed by atoms with Crippen LogP contribution in [-0.2, 0) is 4.74 Å². The SMILES string of the molecule is O=[N+]([O-])c1ccc(NCC2CCC=CO2)c(Cl)c1. The monoisotopic (exact) mass is 268 g/mol. The number of hydrogen-bond donors (Lipinski definition) is 1. The van der Waals surface area contributed by atoms with Gasteiger partial charge in [0.2, 0.25) is 0 Å². The molecule has 18 heavy (non-hydrogen) atoms. The highest BCUT2D eigenvalue weighted by atomic mass is 35.5. The minimum Gasteiger partial charge on any atom is -0.497 e. The van der Waals surface area contributed by atoms with E-state index in [1.165, 1.54) is 12.1 Å². The summed E-state index contributed by atoms with van der Waals surface area (Å²) in [5, 5.41) is 14.0. The summed E-state index contributed by atoms with van der Waals surface area (Å²) in [5.74, 6) is 0. The summed E-state index contributed by atoms with van der Waals surface area (Å²) in [7, 11) is 0. The van der Waals surface area contributed by atoms with Crippen LogP contribution in [0.25, 0.3) is 0 Å². The van der Waals surface area contributed by atoms with E-state index in [9.17, 15) is 10.1 Å². The lowest BCUT2D eigenvalue weighted by Gasteiger charge is -2.20. The average molecular weight is 269 g/mol. The fourth-order valence-electron chi connectivity index (χ4n) is 1.72. The van der Waals surface area contributed by atoms with Crippen molar-refractivity contribution in [2.75, 3.05) is 11.9 Å². The van der Waals surface area contributed by atoms with Gasteiger partial charge in [0.25, 0.3) is 5.69 Å². The molecule has 0 aliphatic carbocycles. The maximum Gasteiger partial charge on any atom is 0.271 e. The first-order valence-corrected chi connectivity index (χ1v) is 6.03. The molecule has 0 radical (unpaired) electrons. The topological polar surface area (TPSA) is 64.4 Å². The lowest BCUT2D eigenvalue weighted by Crippen LogP contribution is -2.23. The van der Waals surface area contributed by atoms with Gasteiger partial charge >= 0.3 is 0 Å². The summed E-state index contributed by atoms with van der Waals surface area (Å²) in [4.78, 5) is 10.1. The summed E-state index contributed by atoms with van der Waals surface area (Å²) >= 11 is 5.97. The lowest BCUT2D eigenvalue weighted by molar-refractivity contribution is -0.384. The van der Waals surface area contributed by atoms with Gasteiger partial charge in [0.15, 0.2) is 0 Å². The third-order valence-corrected chi connectivity index (χ3v) is 3.02. The first-order chi connectivity index (χ1) is 8.66. The highest BCUT2D eigenvalue weighted by molar-refractivity contribution is 6.33. The molecule has 1 unspecified atom stereocenters. The third-order valence-electron chi connectivity index (χ3n) is 2.71. The second-order valence-corrected chi connectivity index (χ2v) is 4.42. The molecule has 0 bridgehead atoms. The Balaban J connectivity index is 1.97. The molecule has 1 aromatic carbocycles. The highest BCUT2D eigenvalue weighted by Crippen LogP contribution is 2.26. The van der Waals surface area contributed by atoms with E-state index in [0.717, 1.165) is 12.8 Å². The number of rotatable bonds is 4. The first kappa shape index (κ1) is 12.7. The minimum absolute atomic E-state index is 0.0117. The van der Waals surface area contributed by atoms with Crippen LogP contribution in [0.5, 0.6) is 0 Å². The molecule has 0 amide bonds. The molecule has 1 heterocycles. The van der Waals surface area contributed by atoms with E-state index in [4.69, 9.17) is 16.3 Å².